The second-order valence-electron chi connectivity index (χ2n) is 3.25. The van der Waals surface area contributed by atoms with Crippen LogP contribution >= 0.6 is 12.4 Å². The summed E-state index contributed by atoms with van der Waals surface area (Å²) in [6, 6.07) is 0. The zero-order chi connectivity index (χ0) is 9.03. The molecule has 1 aliphatic heterocycles. The molecule has 1 atom stereocenters. The van der Waals surface area contributed by atoms with Gasteiger partial charge in [-0.25, -0.2) is 0 Å². The predicted molar refractivity (Wildman–Crippen MR) is 52.4 cm³/mol. The highest BCUT2D eigenvalue weighted by Crippen LogP contribution is 2.16. The van der Waals surface area contributed by atoms with Gasteiger partial charge in [-0.2, -0.15) is 8.42 Å². The summed E-state index contributed by atoms with van der Waals surface area (Å²) in [6.45, 7) is 1.73. The lowest BCUT2D eigenvalue weighted by molar-refractivity contribution is 0.487. The minimum absolute atomic E-state index is 0. The van der Waals surface area contributed by atoms with E-state index in [0.717, 1.165) is 32.4 Å². The van der Waals surface area contributed by atoms with Crippen LogP contribution in [0.3, 0.4) is 0 Å². The van der Waals surface area contributed by atoms with Crippen LogP contribution in [0.4, 0.5) is 3.89 Å². The van der Waals surface area contributed by atoms with E-state index >= 15 is 0 Å². The fourth-order valence-corrected chi connectivity index (χ4v) is 2.44. The minimum Gasteiger partial charge on any atom is -0.317 e. The van der Waals surface area contributed by atoms with E-state index < -0.39 is 10.2 Å². The summed E-state index contributed by atoms with van der Waals surface area (Å²) >= 11 is 0. The maximum absolute atomic E-state index is 12.3. The predicted octanol–water partition coefficient (Wildman–Crippen LogP) is 1.10. The smallest absolute Gasteiger partial charge is 0.302 e. The van der Waals surface area contributed by atoms with Crippen molar-refractivity contribution in [2.24, 2.45) is 5.92 Å². The van der Waals surface area contributed by atoms with Gasteiger partial charge in [0.1, 0.15) is 0 Å². The molecule has 1 saturated heterocycles. The van der Waals surface area contributed by atoms with Gasteiger partial charge in [-0.05, 0) is 38.3 Å². The zero-order valence-electron chi connectivity index (χ0n) is 7.33. The maximum Gasteiger partial charge on any atom is 0.302 e. The third-order valence-electron chi connectivity index (χ3n) is 2.13. The lowest BCUT2D eigenvalue weighted by Crippen LogP contribution is -2.16. The molecule has 0 aromatic carbocycles. The van der Waals surface area contributed by atoms with Crippen LogP contribution < -0.4 is 5.32 Å². The molecule has 1 aliphatic rings. The second kappa shape index (κ2) is 5.78. The van der Waals surface area contributed by atoms with Crippen molar-refractivity contribution in [3.63, 3.8) is 0 Å². The van der Waals surface area contributed by atoms with Gasteiger partial charge in [-0.3, -0.25) is 0 Å². The average Bonchev–Trinajstić information content (AvgIpc) is 2.12. The summed E-state index contributed by atoms with van der Waals surface area (Å²) in [7, 11) is -4.27. The van der Waals surface area contributed by atoms with E-state index in [4.69, 9.17) is 0 Å². The number of nitrogens with one attached hydrogen (secondary N) is 1. The van der Waals surface area contributed by atoms with Crippen LogP contribution in [0.5, 0.6) is 0 Å². The monoisotopic (exact) mass is 231 g/mol. The van der Waals surface area contributed by atoms with Crippen molar-refractivity contribution >= 4 is 22.6 Å². The average molecular weight is 232 g/mol. The molecule has 1 N–H and O–H groups in total. The molecule has 13 heavy (non-hydrogen) atoms. The summed E-state index contributed by atoms with van der Waals surface area (Å²) in [5, 5.41) is 3.15. The van der Waals surface area contributed by atoms with Crippen LogP contribution in [-0.2, 0) is 10.2 Å². The van der Waals surface area contributed by atoms with Crippen LogP contribution in [-0.4, -0.2) is 27.3 Å². The molecule has 0 saturated carbocycles. The van der Waals surface area contributed by atoms with Crippen molar-refractivity contribution in [1.29, 1.82) is 0 Å². The highest BCUT2D eigenvalue weighted by Gasteiger charge is 2.19. The van der Waals surface area contributed by atoms with Crippen LogP contribution in [0, 0.1) is 5.92 Å². The van der Waals surface area contributed by atoms with Crippen molar-refractivity contribution in [3.8, 4) is 0 Å². The first kappa shape index (κ1) is 13.1. The molecule has 0 bridgehead atoms. The summed E-state index contributed by atoms with van der Waals surface area (Å²) in [4.78, 5) is 0. The van der Waals surface area contributed by atoms with E-state index in [1.807, 2.05) is 0 Å². The summed E-state index contributed by atoms with van der Waals surface area (Å²) in [6.07, 6.45) is 2.53. The topological polar surface area (TPSA) is 46.2 Å². The molecule has 0 aromatic heterocycles. The quantitative estimate of drug-likeness (QED) is 0.724. The molecular formula is C7H15ClFNO2S. The normalized spacial score (nSPS) is 24.5. The Kier molecular flexibility index (Phi) is 5.83. The molecule has 0 radical (unpaired) electrons. The van der Waals surface area contributed by atoms with Crippen LogP contribution in [0.25, 0.3) is 0 Å². The fraction of sp³-hybridized carbons (Fsp3) is 1.00. The Labute approximate surface area is 84.7 Å². The van der Waals surface area contributed by atoms with Crippen LogP contribution in [0.2, 0.25) is 0 Å². The number of hydrogen-bond acceptors (Lipinski definition) is 3. The second-order valence-corrected chi connectivity index (χ2v) is 4.66. The van der Waals surface area contributed by atoms with Gasteiger partial charge in [0.25, 0.3) is 0 Å². The molecule has 0 aliphatic carbocycles. The number of hydrogen-bond donors (Lipinski definition) is 1. The Hall–Kier alpha value is 0.130. The lowest BCUT2D eigenvalue weighted by Gasteiger charge is -2.09. The molecule has 0 spiro atoms. The zero-order valence-corrected chi connectivity index (χ0v) is 8.96. The minimum atomic E-state index is -4.27. The van der Waals surface area contributed by atoms with Crippen molar-refractivity contribution < 1.29 is 12.3 Å². The van der Waals surface area contributed by atoms with Crippen molar-refractivity contribution in [1.82, 2.24) is 5.32 Å². The van der Waals surface area contributed by atoms with Gasteiger partial charge in [0.2, 0.25) is 0 Å². The van der Waals surface area contributed by atoms with Gasteiger partial charge in [0.15, 0.2) is 0 Å². The van der Waals surface area contributed by atoms with Gasteiger partial charge in [0.05, 0.1) is 5.75 Å². The molecule has 6 heteroatoms. The standard InChI is InChI=1S/C7H14FNO2S.ClH/c8-12(10,11)6-7-2-1-4-9-5-3-7;/h7,9H,1-6H2;1H. The molecule has 1 unspecified atom stereocenters. The van der Waals surface area contributed by atoms with E-state index in [9.17, 15) is 12.3 Å². The van der Waals surface area contributed by atoms with Crippen LogP contribution in [0.1, 0.15) is 19.3 Å². The Morgan fingerprint density at radius 2 is 2.00 bits per heavy atom. The molecule has 0 aromatic rings. The highest BCUT2D eigenvalue weighted by atomic mass is 35.5. The Bertz CT molecular complexity index is 225. The first-order chi connectivity index (χ1) is 5.58. The van der Waals surface area contributed by atoms with E-state index in [1.54, 1.807) is 0 Å². The fourth-order valence-electron chi connectivity index (χ4n) is 1.54. The molecule has 1 heterocycles. The first-order valence-corrected chi connectivity index (χ1v) is 5.76. The molecule has 1 fully saturated rings. The summed E-state index contributed by atoms with van der Waals surface area (Å²) < 4.78 is 32.9. The third kappa shape index (κ3) is 6.23. The summed E-state index contributed by atoms with van der Waals surface area (Å²) in [5.74, 6) is -0.288. The SMILES string of the molecule is Cl.O=S(=O)(F)CC1CCCNCC1. The molecule has 1 rings (SSSR count). The van der Waals surface area contributed by atoms with E-state index in [0.29, 0.717) is 0 Å². The summed E-state index contributed by atoms with van der Waals surface area (Å²) in [5.41, 5.74) is 0. The number of halogens is 2. The van der Waals surface area contributed by atoms with Gasteiger partial charge in [-0.15, -0.1) is 16.3 Å². The largest absolute Gasteiger partial charge is 0.317 e. The van der Waals surface area contributed by atoms with E-state index in [1.165, 1.54) is 0 Å². The van der Waals surface area contributed by atoms with Gasteiger partial charge in [0, 0.05) is 0 Å². The van der Waals surface area contributed by atoms with E-state index in [-0.39, 0.29) is 24.1 Å². The van der Waals surface area contributed by atoms with E-state index in [2.05, 4.69) is 5.32 Å². The number of rotatable bonds is 2. The van der Waals surface area contributed by atoms with Crippen molar-refractivity contribution in [2.75, 3.05) is 18.8 Å². The molecule has 3 nitrogen and oxygen atoms in total. The highest BCUT2D eigenvalue weighted by molar-refractivity contribution is 7.86. The maximum atomic E-state index is 12.3. The Morgan fingerprint density at radius 3 is 2.62 bits per heavy atom. The van der Waals surface area contributed by atoms with Gasteiger partial charge >= 0.3 is 10.2 Å². The van der Waals surface area contributed by atoms with Crippen molar-refractivity contribution in [2.45, 2.75) is 19.3 Å². The van der Waals surface area contributed by atoms with Crippen LogP contribution in [0.15, 0.2) is 0 Å². The van der Waals surface area contributed by atoms with Gasteiger partial charge in [-0.1, -0.05) is 0 Å². The Balaban J connectivity index is 0.00000144. The van der Waals surface area contributed by atoms with Gasteiger partial charge < -0.3 is 5.32 Å². The molecule has 0 amide bonds. The molecular weight excluding hydrogens is 217 g/mol. The molecule has 80 valence electrons. The lowest BCUT2D eigenvalue weighted by atomic mass is 10.0. The van der Waals surface area contributed by atoms with Crippen molar-refractivity contribution in [3.05, 3.63) is 0 Å². The first-order valence-electron chi connectivity index (χ1n) is 4.21. The third-order valence-corrected chi connectivity index (χ3v) is 3.00. The Morgan fingerprint density at radius 1 is 1.31 bits per heavy atom.